The predicted molar refractivity (Wildman–Crippen MR) is 157 cm³/mol. The first-order valence-corrected chi connectivity index (χ1v) is 13.7. The van der Waals surface area contributed by atoms with Gasteiger partial charge in [-0.3, -0.25) is 19.4 Å². The normalized spacial score (nSPS) is 15.9. The highest BCUT2D eigenvalue weighted by molar-refractivity contribution is 6.05. The summed E-state index contributed by atoms with van der Waals surface area (Å²) in [7, 11) is 3.26. The average Bonchev–Trinajstić information content (AvgIpc) is 3.27. The van der Waals surface area contributed by atoms with E-state index in [0.29, 0.717) is 51.9 Å². The van der Waals surface area contributed by atoms with Crippen LogP contribution in [0.4, 0.5) is 22.7 Å². The predicted octanol–water partition coefficient (Wildman–Crippen LogP) is 4.38. The van der Waals surface area contributed by atoms with Gasteiger partial charge in [0.2, 0.25) is 5.91 Å². The Bertz CT molecular complexity index is 1480. The lowest BCUT2D eigenvalue weighted by atomic mass is 10.0. The summed E-state index contributed by atoms with van der Waals surface area (Å²) >= 11 is 0. The van der Waals surface area contributed by atoms with Gasteiger partial charge in [0.1, 0.15) is 5.69 Å². The third-order valence-electron chi connectivity index (χ3n) is 7.20. The molecule has 0 spiro atoms. The maximum absolute atomic E-state index is 13.2. The second kappa shape index (κ2) is 12.2. The Morgan fingerprint density at radius 2 is 1.88 bits per heavy atom. The minimum absolute atomic E-state index is 0.0105. The number of amides is 3. The first kappa shape index (κ1) is 27.8. The lowest BCUT2D eigenvalue weighted by molar-refractivity contribution is -0.116. The molecule has 0 unspecified atom stereocenters. The van der Waals surface area contributed by atoms with E-state index in [1.807, 2.05) is 11.1 Å². The van der Waals surface area contributed by atoms with Crippen LogP contribution >= 0.6 is 0 Å². The van der Waals surface area contributed by atoms with Crippen molar-refractivity contribution in [3.8, 4) is 11.5 Å². The molecule has 11 nitrogen and oxygen atoms in total. The van der Waals surface area contributed by atoms with Gasteiger partial charge in [0.05, 0.1) is 36.7 Å². The number of nitrogen functional groups attached to an aromatic ring is 1. The molecule has 2 aromatic carbocycles. The zero-order valence-electron chi connectivity index (χ0n) is 23.2. The van der Waals surface area contributed by atoms with Crippen LogP contribution in [0.1, 0.15) is 53.0 Å². The Labute approximate surface area is 238 Å². The number of hydrogen-bond donors (Lipinski definition) is 3. The number of benzene rings is 2. The van der Waals surface area contributed by atoms with Crippen LogP contribution in [0.2, 0.25) is 0 Å². The highest BCUT2D eigenvalue weighted by Gasteiger charge is 2.31. The zero-order chi connectivity index (χ0) is 28.9. The summed E-state index contributed by atoms with van der Waals surface area (Å²) in [5.41, 5.74) is 8.89. The fourth-order valence-electron chi connectivity index (χ4n) is 5.04. The topological polar surface area (TPSA) is 140 Å². The number of rotatable bonds is 9. The molecule has 1 fully saturated rings. The monoisotopic (exact) mass is 558 g/mol. The molecule has 0 radical (unpaired) electrons. The van der Waals surface area contributed by atoms with Gasteiger partial charge in [-0.05, 0) is 62.1 Å². The minimum atomic E-state index is -0.303. The van der Waals surface area contributed by atoms with Crippen molar-refractivity contribution in [3.63, 3.8) is 0 Å². The molecule has 5 rings (SSSR count). The summed E-state index contributed by atoms with van der Waals surface area (Å²) in [5, 5.41) is 5.64. The number of aryl methyl sites for hydroxylation is 1. The van der Waals surface area contributed by atoms with Crippen LogP contribution in [-0.4, -0.2) is 59.7 Å². The number of fused-ring (bicyclic) bond motifs is 2. The van der Waals surface area contributed by atoms with Crippen LogP contribution in [0.15, 0.2) is 53.7 Å². The van der Waals surface area contributed by atoms with E-state index < -0.39 is 0 Å². The van der Waals surface area contributed by atoms with Crippen LogP contribution in [-0.2, 0) is 11.8 Å². The van der Waals surface area contributed by atoms with Crippen LogP contribution < -0.4 is 25.8 Å². The number of ether oxygens (including phenoxy) is 2. The van der Waals surface area contributed by atoms with Crippen LogP contribution in [0, 0.1) is 0 Å². The van der Waals surface area contributed by atoms with Crippen LogP contribution in [0.25, 0.3) is 0 Å². The molecule has 3 amide bonds. The number of methoxy groups -OCH3 is 1. The fraction of sp³-hybridized carbons (Fsp3) is 0.333. The van der Waals surface area contributed by atoms with E-state index in [1.165, 1.54) is 7.11 Å². The molecule has 3 heterocycles. The van der Waals surface area contributed by atoms with Gasteiger partial charge in [-0.1, -0.05) is 0 Å². The fourth-order valence-corrected chi connectivity index (χ4v) is 5.04. The van der Waals surface area contributed by atoms with E-state index in [0.717, 1.165) is 25.8 Å². The molecule has 0 aliphatic carbocycles. The number of nitrogens with one attached hydrogen (secondary N) is 2. The van der Waals surface area contributed by atoms with E-state index in [4.69, 9.17) is 15.2 Å². The summed E-state index contributed by atoms with van der Waals surface area (Å²) in [6, 6.07) is 11.9. The van der Waals surface area contributed by atoms with Crippen molar-refractivity contribution in [2.45, 2.75) is 38.1 Å². The molecule has 41 heavy (non-hydrogen) atoms. The summed E-state index contributed by atoms with van der Waals surface area (Å²) in [5.74, 6) is 0.362. The number of carbonyl (C=O) groups excluding carboxylic acids is 3. The molecule has 0 bridgehead atoms. The van der Waals surface area contributed by atoms with Crippen molar-refractivity contribution in [2.75, 3.05) is 36.6 Å². The third kappa shape index (κ3) is 6.34. The molecule has 1 saturated heterocycles. The molecule has 2 aliphatic heterocycles. The average molecular weight is 559 g/mol. The number of aromatic nitrogens is 1. The molecule has 214 valence electrons. The van der Waals surface area contributed by atoms with Crippen LogP contribution in [0.5, 0.6) is 11.5 Å². The van der Waals surface area contributed by atoms with E-state index >= 15 is 0 Å². The molecule has 11 heteroatoms. The summed E-state index contributed by atoms with van der Waals surface area (Å²) in [4.78, 5) is 44.9. The lowest BCUT2D eigenvalue weighted by Crippen LogP contribution is -2.43. The summed E-state index contributed by atoms with van der Waals surface area (Å²) < 4.78 is 13.1. The zero-order valence-corrected chi connectivity index (χ0v) is 23.2. The Morgan fingerprint density at radius 3 is 2.66 bits per heavy atom. The Morgan fingerprint density at radius 1 is 1.07 bits per heavy atom. The third-order valence-corrected chi connectivity index (χ3v) is 7.20. The van der Waals surface area contributed by atoms with Crippen molar-refractivity contribution < 1.29 is 23.9 Å². The number of hydrogen-bond acceptors (Lipinski definition) is 7. The number of aliphatic imine (C=N–C) groups is 1. The van der Waals surface area contributed by atoms with Gasteiger partial charge in [0.15, 0.2) is 11.5 Å². The Balaban J connectivity index is 1.14. The van der Waals surface area contributed by atoms with E-state index in [-0.39, 0.29) is 36.8 Å². The van der Waals surface area contributed by atoms with E-state index in [2.05, 4.69) is 15.6 Å². The molecular formula is C30H34N6O5. The number of piperidine rings is 1. The second-order valence-corrected chi connectivity index (χ2v) is 10.2. The molecule has 1 aromatic heterocycles. The van der Waals surface area contributed by atoms with Crippen LogP contribution in [0.3, 0.4) is 0 Å². The van der Waals surface area contributed by atoms with E-state index in [1.54, 1.807) is 60.3 Å². The van der Waals surface area contributed by atoms with Crippen molar-refractivity contribution >= 4 is 46.7 Å². The quantitative estimate of drug-likeness (QED) is 0.263. The van der Waals surface area contributed by atoms with Gasteiger partial charge in [-0.25, -0.2) is 0 Å². The van der Waals surface area contributed by atoms with Gasteiger partial charge in [0.25, 0.3) is 11.8 Å². The van der Waals surface area contributed by atoms with Gasteiger partial charge in [-0.15, -0.1) is 0 Å². The van der Waals surface area contributed by atoms with Crippen molar-refractivity contribution in [1.82, 2.24) is 9.47 Å². The smallest absolute Gasteiger partial charge is 0.272 e. The first-order valence-electron chi connectivity index (χ1n) is 13.7. The Kier molecular flexibility index (Phi) is 8.23. The molecule has 0 saturated carbocycles. The van der Waals surface area contributed by atoms with Gasteiger partial charge < -0.3 is 35.3 Å². The highest BCUT2D eigenvalue weighted by Crippen LogP contribution is 2.38. The maximum atomic E-state index is 13.2. The number of anilines is 3. The standard InChI is InChI=1S/C30H34N6O5/c1-35-18-21(14-25(35)29(38)34-20-10-8-19(31)9-11-20)33-28(37)7-5-13-41-27-16-24-23(15-26(27)40-2)30(39)36-12-4-3-6-22(36)17-32-24/h8-11,14-18,22H,3-7,12-13,31H2,1-2H3,(H,33,37)(H,34,38)/t22-/m0/s1. The molecule has 3 aromatic rings. The SMILES string of the molecule is COc1cc2c(cc1OCCCC(=O)Nc1cc(C(=O)Nc3ccc(N)cc3)n(C)c1)N=C[C@@H]1CCCCN1C2=O. The van der Waals surface area contributed by atoms with Crippen molar-refractivity contribution in [1.29, 1.82) is 0 Å². The summed E-state index contributed by atoms with van der Waals surface area (Å²) in [6.07, 6.45) is 7.16. The second-order valence-electron chi connectivity index (χ2n) is 10.2. The largest absolute Gasteiger partial charge is 0.493 e. The molecular weight excluding hydrogens is 524 g/mol. The Hall–Kier alpha value is -4.80. The molecule has 1 atom stereocenters. The molecule has 4 N–H and O–H groups in total. The minimum Gasteiger partial charge on any atom is -0.493 e. The van der Waals surface area contributed by atoms with Crippen molar-refractivity contribution in [3.05, 3.63) is 59.9 Å². The maximum Gasteiger partial charge on any atom is 0.272 e. The molecule has 2 aliphatic rings. The summed E-state index contributed by atoms with van der Waals surface area (Å²) in [6.45, 7) is 0.984. The first-order chi connectivity index (χ1) is 19.8. The number of carbonyl (C=O) groups is 3. The van der Waals surface area contributed by atoms with Gasteiger partial charge in [0, 0.05) is 49.9 Å². The number of nitrogens with zero attached hydrogens (tertiary/aromatic N) is 3. The lowest BCUT2D eigenvalue weighted by Gasteiger charge is -2.32. The van der Waals surface area contributed by atoms with Gasteiger partial charge >= 0.3 is 0 Å². The van der Waals surface area contributed by atoms with Crippen molar-refractivity contribution in [2.24, 2.45) is 12.0 Å². The van der Waals surface area contributed by atoms with E-state index in [9.17, 15) is 14.4 Å². The van der Waals surface area contributed by atoms with Gasteiger partial charge in [-0.2, -0.15) is 0 Å². The number of nitrogens with two attached hydrogens (primary N) is 1. The highest BCUT2D eigenvalue weighted by atomic mass is 16.5.